The molecule has 5 heteroatoms. The van der Waals surface area contributed by atoms with E-state index in [1.807, 2.05) is 24.3 Å². The lowest BCUT2D eigenvalue weighted by molar-refractivity contribution is -0.138. The molecule has 0 saturated heterocycles. The van der Waals surface area contributed by atoms with Crippen molar-refractivity contribution in [3.05, 3.63) is 58.6 Å². The van der Waals surface area contributed by atoms with Crippen LogP contribution in [-0.2, 0) is 9.53 Å². The van der Waals surface area contributed by atoms with Crippen LogP contribution in [0.3, 0.4) is 0 Å². The Bertz CT molecular complexity index is 691. The number of ether oxygens (including phenoxy) is 1. The molecule has 0 unspecified atom stereocenters. The van der Waals surface area contributed by atoms with Gasteiger partial charge in [-0.1, -0.05) is 36.4 Å². The molecule has 0 atom stereocenters. The van der Waals surface area contributed by atoms with Crippen molar-refractivity contribution in [2.75, 3.05) is 6.61 Å². The van der Waals surface area contributed by atoms with E-state index in [0.717, 1.165) is 10.8 Å². The number of benzene rings is 2. The Morgan fingerprint density at radius 3 is 2.55 bits per heavy atom. The highest BCUT2D eigenvalue weighted by molar-refractivity contribution is 5.96. The second-order valence-corrected chi connectivity index (χ2v) is 4.07. The molecule has 2 aromatic rings. The molecule has 0 heterocycles. The molecule has 0 aliphatic heterocycles. The fourth-order valence-corrected chi connectivity index (χ4v) is 1.85. The first-order chi connectivity index (χ1) is 9.67. The summed E-state index contributed by atoms with van der Waals surface area (Å²) < 4.78 is 4.67. The van der Waals surface area contributed by atoms with E-state index in [4.69, 9.17) is 0 Å². The van der Waals surface area contributed by atoms with Crippen molar-refractivity contribution in [3.8, 4) is 0 Å². The predicted molar refractivity (Wildman–Crippen MR) is 75.9 cm³/mol. The number of aliphatic hydroxyl groups excluding tert-OH is 1. The Labute approximate surface area is 115 Å². The largest absolute Gasteiger partial charge is 0.505 e. The fourth-order valence-electron chi connectivity index (χ4n) is 1.85. The molecular weight excluding hydrogens is 258 g/mol. The SMILES string of the molecule is CCOC(=O)C(N=O)=C(O)c1ccc2ccccc2c1. The molecule has 102 valence electrons. The second-order valence-electron chi connectivity index (χ2n) is 4.07. The summed E-state index contributed by atoms with van der Waals surface area (Å²) in [6, 6.07) is 12.6. The van der Waals surface area contributed by atoms with E-state index in [2.05, 4.69) is 9.91 Å². The summed E-state index contributed by atoms with van der Waals surface area (Å²) in [5.74, 6) is -1.42. The summed E-state index contributed by atoms with van der Waals surface area (Å²) in [7, 11) is 0. The van der Waals surface area contributed by atoms with E-state index in [1.165, 1.54) is 0 Å². The van der Waals surface area contributed by atoms with Crippen LogP contribution in [0.15, 0.2) is 53.3 Å². The number of aliphatic hydroxyl groups is 1. The van der Waals surface area contributed by atoms with Gasteiger partial charge < -0.3 is 9.84 Å². The summed E-state index contributed by atoms with van der Waals surface area (Å²) in [4.78, 5) is 22.2. The minimum absolute atomic E-state index is 0.100. The number of rotatable bonds is 4. The molecular formula is C15H13NO4. The molecule has 0 bridgehead atoms. The monoisotopic (exact) mass is 271 g/mol. The van der Waals surface area contributed by atoms with E-state index in [9.17, 15) is 14.8 Å². The van der Waals surface area contributed by atoms with Crippen LogP contribution in [0.2, 0.25) is 0 Å². The number of hydrogen-bond donors (Lipinski definition) is 1. The van der Waals surface area contributed by atoms with Crippen LogP contribution in [0.5, 0.6) is 0 Å². The highest BCUT2D eigenvalue weighted by Gasteiger charge is 2.19. The number of carbonyl (C=O) groups is 1. The second kappa shape index (κ2) is 5.97. The van der Waals surface area contributed by atoms with Gasteiger partial charge in [0.05, 0.1) is 6.61 Å². The van der Waals surface area contributed by atoms with Crippen molar-refractivity contribution in [1.82, 2.24) is 0 Å². The van der Waals surface area contributed by atoms with Crippen LogP contribution >= 0.6 is 0 Å². The van der Waals surface area contributed by atoms with Gasteiger partial charge in [0.25, 0.3) is 0 Å². The predicted octanol–water partition coefficient (Wildman–Crippen LogP) is 3.40. The van der Waals surface area contributed by atoms with Gasteiger partial charge in [-0.3, -0.25) is 0 Å². The van der Waals surface area contributed by atoms with Gasteiger partial charge in [-0.05, 0) is 28.9 Å². The summed E-state index contributed by atoms with van der Waals surface area (Å²) in [6.07, 6.45) is 0. The molecule has 0 aliphatic carbocycles. The highest BCUT2D eigenvalue weighted by atomic mass is 16.5. The third-order valence-electron chi connectivity index (χ3n) is 2.81. The van der Waals surface area contributed by atoms with Crippen molar-refractivity contribution in [2.24, 2.45) is 5.18 Å². The number of hydrogen-bond acceptors (Lipinski definition) is 5. The summed E-state index contributed by atoms with van der Waals surface area (Å²) >= 11 is 0. The van der Waals surface area contributed by atoms with Crippen molar-refractivity contribution < 1.29 is 14.6 Å². The van der Waals surface area contributed by atoms with Crippen LogP contribution < -0.4 is 0 Å². The molecule has 1 N–H and O–H groups in total. The van der Waals surface area contributed by atoms with Gasteiger partial charge >= 0.3 is 5.97 Å². The molecule has 0 fully saturated rings. The first-order valence-electron chi connectivity index (χ1n) is 6.10. The Balaban J connectivity index is 2.50. The Morgan fingerprint density at radius 2 is 1.90 bits per heavy atom. The van der Waals surface area contributed by atoms with Crippen LogP contribution in [0.4, 0.5) is 0 Å². The number of carbonyl (C=O) groups excluding carboxylic acids is 1. The standard InChI is InChI=1S/C15H13NO4/c1-2-20-15(18)13(16-19)14(17)12-8-7-10-5-3-4-6-11(10)9-12/h3-9,17H,2H2,1H3. The van der Waals surface area contributed by atoms with E-state index in [1.54, 1.807) is 25.1 Å². The van der Waals surface area contributed by atoms with Gasteiger partial charge in [0.15, 0.2) is 5.76 Å². The summed E-state index contributed by atoms with van der Waals surface area (Å²) in [5, 5.41) is 14.5. The zero-order chi connectivity index (χ0) is 14.5. The smallest absolute Gasteiger partial charge is 0.364 e. The van der Waals surface area contributed by atoms with Crippen LogP contribution in [-0.4, -0.2) is 17.7 Å². The maximum Gasteiger partial charge on any atom is 0.364 e. The maximum absolute atomic E-state index is 11.5. The molecule has 0 aliphatic rings. The molecule has 20 heavy (non-hydrogen) atoms. The number of esters is 1. The van der Waals surface area contributed by atoms with E-state index >= 15 is 0 Å². The number of nitrogens with zero attached hydrogens (tertiary/aromatic N) is 1. The van der Waals surface area contributed by atoms with Gasteiger partial charge in [-0.2, -0.15) is 0 Å². The minimum atomic E-state index is -0.937. The van der Waals surface area contributed by atoms with E-state index < -0.39 is 17.4 Å². The number of fused-ring (bicyclic) bond motifs is 1. The summed E-state index contributed by atoms with van der Waals surface area (Å²) in [6.45, 7) is 1.70. The normalized spacial score (nSPS) is 11.8. The van der Waals surface area contributed by atoms with Crippen molar-refractivity contribution in [1.29, 1.82) is 0 Å². The fraction of sp³-hybridized carbons (Fsp3) is 0.133. The topological polar surface area (TPSA) is 76.0 Å². The molecule has 0 aromatic heterocycles. The number of nitroso groups, excluding NO2 is 1. The molecule has 0 amide bonds. The van der Waals surface area contributed by atoms with Gasteiger partial charge in [-0.25, -0.2) is 4.79 Å². The van der Waals surface area contributed by atoms with Crippen LogP contribution in [0, 0.1) is 4.91 Å². The van der Waals surface area contributed by atoms with Crippen LogP contribution in [0.1, 0.15) is 12.5 Å². The van der Waals surface area contributed by atoms with Gasteiger partial charge in [-0.15, -0.1) is 4.91 Å². The lowest BCUT2D eigenvalue weighted by Gasteiger charge is -2.05. The van der Waals surface area contributed by atoms with Gasteiger partial charge in [0.2, 0.25) is 5.70 Å². The third kappa shape index (κ3) is 2.66. The zero-order valence-corrected chi connectivity index (χ0v) is 10.9. The third-order valence-corrected chi connectivity index (χ3v) is 2.81. The lowest BCUT2D eigenvalue weighted by Crippen LogP contribution is -2.08. The zero-order valence-electron chi connectivity index (χ0n) is 10.9. The molecule has 2 rings (SSSR count). The Kier molecular flexibility index (Phi) is 4.10. The van der Waals surface area contributed by atoms with E-state index in [-0.39, 0.29) is 6.61 Å². The summed E-state index contributed by atoms with van der Waals surface area (Å²) in [5.41, 5.74) is -0.284. The quantitative estimate of drug-likeness (QED) is 0.400. The first kappa shape index (κ1) is 13.7. The molecule has 5 nitrogen and oxygen atoms in total. The maximum atomic E-state index is 11.5. The molecule has 0 saturated carbocycles. The lowest BCUT2D eigenvalue weighted by atomic mass is 10.1. The van der Waals surface area contributed by atoms with Crippen molar-refractivity contribution in [3.63, 3.8) is 0 Å². The first-order valence-corrected chi connectivity index (χ1v) is 6.10. The average Bonchev–Trinajstić information content (AvgIpc) is 2.47. The van der Waals surface area contributed by atoms with Crippen molar-refractivity contribution >= 4 is 22.5 Å². The van der Waals surface area contributed by atoms with E-state index in [0.29, 0.717) is 5.56 Å². The molecule has 0 radical (unpaired) electrons. The minimum Gasteiger partial charge on any atom is -0.505 e. The van der Waals surface area contributed by atoms with Gasteiger partial charge in [0.1, 0.15) is 0 Å². The highest BCUT2D eigenvalue weighted by Crippen LogP contribution is 2.23. The molecule has 2 aromatic carbocycles. The van der Waals surface area contributed by atoms with Crippen molar-refractivity contribution in [2.45, 2.75) is 6.92 Å². The van der Waals surface area contributed by atoms with Gasteiger partial charge in [0, 0.05) is 5.56 Å². The average molecular weight is 271 g/mol. The Morgan fingerprint density at radius 1 is 1.20 bits per heavy atom. The molecule has 0 spiro atoms. The van der Waals surface area contributed by atoms with Crippen LogP contribution in [0.25, 0.3) is 16.5 Å². The Hall–Kier alpha value is -2.69.